The molecule has 1 aromatic heterocycles. The second-order valence-electron chi connectivity index (χ2n) is 3.30. The quantitative estimate of drug-likeness (QED) is 0.790. The zero-order valence-electron chi connectivity index (χ0n) is 9.64. The van der Waals surface area contributed by atoms with Gasteiger partial charge in [-0.1, -0.05) is 0 Å². The number of nitrogens with zero attached hydrogens (tertiary/aromatic N) is 2. The molecule has 0 bridgehead atoms. The number of amides is 1. The van der Waals surface area contributed by atoms with Crippen LogP contribution in [0.4, 0.5) is 0 Å². The largest absolute Gasteiger partial charge is 0.465 e. The third-order valence-corrected chi connectivity index (χ3v) is 2.62. The minimum Gasteiger partial charge on any atom is -0.465 e. The highest BCUT2D eigenvalue weighted by Crippen LogP contribution is 2.14. The minimum atomic E-state index is -0.435. The van der Waals surface area contributed by atoms with Gasteiger partial charge in [-0.15, -0.1) is 0 Å². The summed E-state index contributed by atoms with van der Waals surface area (Å²) in [4.78, 5) is 28.4. The molecule has 6 heteroatoms. The lowest BCUT2D eigenvalue weighted by Crippen LogP contribution is -2.33. The molecule has 0 aromatic carbocycles. The Morgan fingerprint density at radius 3 is 2.82 bits per heavy atom. The van der Waals surface area contributed by atoms with Crippen LogP contribution in [0.15, 0.2) is 22.8 Å². The highest BCUT2D eigenvalue weighted by Gasteiger charge is 2.18. The van der Waals surface area contributed by atoms with Gasteiger partial charge in [-0.3, -0.25) is 9.59 Å². The molecule has 0 N–H and O–H groups in total. The molecule has 0 aliphatic heterocycles. The van der Waals surface area contributed by atoms with Crippen molar-refractivity contribution in [3.63, 3.8) is 0 Å². The van der Waals surface area contributed by atoms with Gasteiger partial charge in [-0.25, -0.2) is 4.98 Å². The molecule has 0 atom stereocenters. The summed E-state index contributed by atoms with van der Waals surface area (Å²) >= 11 is 3.24. The van der Waals surface area contributed by atoms with E-state index >= 15 is 0 Å². The fraction of sp³-hybridized carbons (Fsp3) is 0.364. The Morgan fingerprint density at radius 2 is 2.24 bits per heavy atom. The van der Waals surface area contributed by atoms with Crippen molar-refractivity contribution >= 4 is 27.8 Å². The third-order valence-electron chi connectivity index (χ3n) is 1.98. The normalized spacial score (nSPS) is 9.82. The van der Waals surface area contributed by atoms with Gasteiger partial charge in [-0.2, -0.15) is 0 Å². The van der Waals surface area contributed by atoms with E-state index in [9.17, 15) is 9.59 Å². The summed E-state index contributed by atoms with van der Waals surface area (Å²) in [6, 6.07) is 3.44. The molecule has 0 spiro atoms. The standard InChI is InChI=1S/C11H13BrN2O3/c1-3-17-9(15)7-14(2)11(16)10-8(12)5-4-6-13-10/h4-6H,3,7H2,1-2H3. The first kappa shape index (κ1) is 13.6. The second kappa shape index (κ2) is 6.34. The molecule has 0 aliphatic carbocycles. The van der Waals surface area contributed by atoms with E-state index in [1.54, 1.807) is 19.1 Å². The predicted octanol–water partition coefficient (Wildman–Crippen LogP) is 1.48. The average molecular weight is 301 g/mol. The lowest BCUT2D eigenvalue weighted by Gasteiger charge is -2.15. The molecule has 1 aromatic rings. The van der Waals surface area contributed by atoms with E-state index in [4.69, 9.17) is 4.74 Å². The molecule has 1 amide bonds. The van der Waals surface area contributed by atoms with Crippen LogP contribution in [0.2, 0.25) is 0 Å². The van der Waals surface area contributed by atoms with Crippen LogP contribution in [0.25, 0.3) is 0 Å². The van der Waals surface area contributed by atoms with Gasteiger partial charge in [0.1, 0.15) is 12.2 Å². The lowest BCUT2D eigenvalue weighted by atomic mass is 10.3. The van der Waals surface area contributed by atoms with Crippen LogP contribution in [-0.2, 0) is 9.53 Å². The number of hydrogen-bond donors (Lipinski definition) is 0. The number of ether oxygens (including phenoxy) is 1. The number of esters is 1. The number of pyridine rings is 1. The van der Waals surface area contributed by atoms with Crippen LogP contribution in [0.5, 0.6) is 0 Å². The van der Waals surface area contributed by atoms with Gasteiger partial charge in [0.05, 0.1) is 6.61 Å². The maximum Gasteiger partial charge on any atom is 0.325 e. The first-order chi connectivity index (χ1) is 8.06. The van der Waals surface area contributed by atoms with Crippen LogP contribution < -0.4 is 0 Å². The molecule has 0 aliphatic rings. The average Bonchev–Trinajstić information content (AvgIpc) is 2.29. The number of carbonyl (C=O) groups is 2. The van der Waals surface area contributed by atoms with E-state index in [0.717, 1.165) is 0 Å². The van der Waals surface area contributed by atoms with Crippen molar-refractivity contribution < 1.29 is 14.3 Å². The zero-order valence-corrected chi connectivity index (χ0v) is 11.2. The van der Waals surface area contributed by atoms with Crippen LogP contribution in [0, 0.1) is 0 Å². The summed E-state index contributed by atoms with van der Waals surface area (Å²) in [5.41, 5.74) is 0.277. The summed E-state index contributed by atoms with van der Waals surface area (Å²) in [6.45, 7) is 1.93. The molecule has 0 radical (unpaired) electrons. The number of halogens is 1. The van der Waals surface area contributed by atoms with Crippen molar-refractivity contribution in [3.05, 3.63) is 28.5 Å². The molecular weight excluding hydrogens is 288 g/mol. The fourth-order valence-corrected chi connectivity index (χ4v) is 1.62. The van der Waals surface area contributed by atoms with Crippen molar-refractivity contribution in [1.29, 1.82) is 0 Å². The zero-order chi connectivity index (χ0) is 12.8. The first-order valence-electron chi connectivity index (χ1n) is 5.07. The molecule has 0 saturated heterocycles. The van der Waals surface area contributed by atoms with E-state index in [-0.39, 0.29) is 18.1 Å². The molecular formula is C11H13BrN2O3. The number of rotatable bonds is 4. The van der Waals surface area contributed by atoms with Crippen LogP contribution in [-0.4, -0.2) is 42.0 Å². The van der Waals surface area contributed by atoms with Crippen molar-refractivity contribution in [1.82, 2.24) is 9.88 Å². The Hall–Kier alpha value is -1.43. The molecule has 0 saturated carbocycles. The summed E-state index contributed by atoms with van der Waals surface area (Å²) in [6.07, 6.45) is 1.52. The Morgan fingerprint density at radius 1 is 1.53 bits per heavy atom. The van der Waals surface area contributed by atoms with E-state index in [2.05, 4.69) is 20.9 Å². The first-order valence-corrected chi connectivity index (χ1v) is 5.87. The molecule has 0 unspecified atom stereocenters. The lowest BCUT2D eigenvalue weighted by molar-refractivity contribution is -0.143. The Balaban J connectivity index is 2.70. The maximum atomic E-state index is 11.9. The fourth-order valence-electron chi connectivity index (χ4n) is 1.20. The van der Waals surface area contributed by atoms with Crippen molar-refractivity contribution in [2.75, 3.05) is 20.2 Å². The molecule has 17 heavy (non-hydrogen) atoms. The van der Waals surface area contributed by atoms with Gasteiger partial charge in [0.25, 0.3) is 5.91 Å². The maximum absolute atomic E-state index is 11.9. The summed E-state index contributed by atoms with van der Waals surface area (Å²) in [7, 11) is 1.53. The third kappa shape index (κ3) is 3.81. The van der Waals surface area contributed by atoms with Crippen LogP contribution in [0.3, 0.4) is 0 Å². The topological polar surface area (TPSA) is 59.5 Å². The van der Waals surface area contributed by atoms with E-state index in [1.807, 2.05) is 0 Å². The number of likely N-dealkylation sites (N-methyl/N-ethyl adjacent to an activating group) is 1. The molecule has 1 rings (SSSR count). The van der Waals surface area contributed by atoms with Crippen LogP contribution >= 0.6 is 15.9 Å². The predicted molar refractivity (Wildman–Crippen MR) is 65.5 cm³/mol. The second-order valence-corrected chi connectivity index (χ2v) is 4.15. The summed E-state index contributed by atoms with van der Waals surface area (Å²) in [5.74, 6) is -0.763. The molecule has 5 nitrogen and oxygen atoms in total. The Bertz CT molecular complexity index is 423. The number of carbonyl (C=O) groups excluding carboxylic acids is 2. The molecule has 1 heterocycles. The molecule has 0 fully saturated rings. The SMILES string of the molecule is CCOC(=O)CN(C)C(=O)c1ncccc1Br. The smallest absolute Gasteiger partial charge is 0.325 e. The highest BCUT2D eigenvalue weighted by atomic mass is 79.9. The van der Waals surface area contributed by atoms with Gasteiger partial charge in [-0.05, 0) is 35.0 Å². The van der Waals surface area contributed by atoms with Crippen molar-refractivity contribution in [3.8, 4) is 0 Å². The van der Waals surface area contributed by atoms with Crippen molar-refractivity contribution in [2.24, 2.45) is 0 Å². The van der Waals surface area contributed by atoms with E-state index in [0.29, 0.717) is 11.1 Å². The summed E-state index contributed by atoms with van der Waals surface area (Å²) < 4.78 is 5.36. The number of aromatic nitrogens is 1. The van der Waals surface area contributed by atoms with Gasteiger partial charge >= 0.3 is 5.97 Å². The van der Waals surface area contributed by atoms with E-state index < -0.39 is 5.97 Å². The Kier molecular flexibility index (Phi) is 5.09. The minimum absolute atomic E-state index is 0.0876. The van der Waals surface area contributed by atoms with Gasteiger partial charge in [0.2, 0.25) is 0 Å². The van der Waals surface area contributed by atoms with Gasteiger partial charge in [0.15, 0.2) is 0 Å². The van der Waals surface area contributed by atoms with Gasteiger partial charge in [0, 0.05) is 17.7 Å². The summed E-state index contributed by atoms with van der Waals surface area (Å²) in [5, 5.41) is 0. The Labute approximate surface area is 108 Å². The van der Waals surface area contributed by atoms with E-state index in [1.165, 1.54) is 18.1 Å². The number of hydrogen-bond acceptors (Lipinski definition) is 4. The van der Waals surface area contributed by atoms with Gasteiger partial charge < -0.3 is 9.64 Å². The van der Waals surface area contributed by atoms with Crippen LogP contribution in [0.1, 0.15) is 17.4 Å². The highest BCUT2D eigenvalue weighted by molar-refractivity contribution is 9.10. The monoisotopic (exact) mass is 300 g/mol. The van der Waals surface area contributed by atoms with Crippen molar-refractivity contribution in [2.45, 2.75) is 6.92 Å². The molecule has 92 valence electrons.